The second-order valence-corrected chi connectivity index (χ2v) is 10.6. The molecular formula is C25H25ClN10O. The Morgan fingerprint density at radius 1 is 1.30 bits per heavy atom. The maximum Gasteiger partial charge on any atom is 0.275 e. The fourth-order valence-electron chi connectivity index (χ4n) is 5.29. The van der Waals surface area contributed by atoms with Crippen LogP contribution in [0.3, 0.4) is 0 Å². The second-order valence-electron chi connectivity index (χ2n) is 10.2. The number of nitrogens with one attached hydrogen (secondary N) is 2. The molecule has 0 radical (unpaired) electrons. The van der Waals surface area contributed by atoms with Gasteiger partial charge in [0.1, 0.15) is 0 Å². The van der Waals surface area contributed by atoms with E-state index in [1.165, 1.54) is 10.7 Å². The number of fused-ring (bicyclic) bond motifs is 1. The molecule has 3 fully saturated rings. The number of amides is 1. The van der Waals surface area contributed by atoms with Crippen molar-refractivity contribution in [3.8, 4) is 6.07 Å². The van der Waals surface area contributed by atoms with Gasteiger partial charge in [-0.1, -0.05) is 23.3 Å². The van der Waals surface area contributed by atoms with Crippen molar-refractivity contribution in [1.29, 1.82) is 5.26 Å². The number of carbonyl (C=O) groups is 1. The third kappa shape index (κ3) is 4.25. The van der Waals surface area contributed by atoms with E-state index in [2.05, 4.69) is 41.5 Å². The summed E-state index contributed by atoms with van der Waals surface area (Å²) >= 11 is 6.89. The molecule has 4 heterocycles. The van der Waals surface area contributed by atoms with Crippen molar-refractivity contribution in [2.24, 2.45) is 5.41 Å². The van der Waals surface area contributed by atoms with Gasteiger partial charge in [0.25, 0.3) is 17.4 Å². The molecule has 1 aromatic carbocycles. The molecule has 1 saturated carbocycles. The fraction of sp³-hybridized carbons (Fsp3) is 0.440. The van der Waals surface area contributed by atoms with Gasteiger partial charge in [0.05, 0.1) is 34.2 Å². The topological polar surface area (TPSA) is 119 Å². The predicted molar refractivity (Wildman–Crippen MR) is 139 cm³/mol. The summed E-state index contributed by atoms with van der Waals surface area (Å²) in [6.07, 6.45) is 5.93. The monoisotopic (exact) mass is 516 g/mol. The van der Waals surface area contributed by atoms with Crippen LogP contribution in [0, 0.1) is 23.3 Å². The van der Waals surface area contributed by atoms with E-state index >= 15 is 0 Å². The maximum absolute atomic E-state index is 12.2. The molecule has 12 heteroatoms. The number of piperidine rings is 1. The number of likely N-dealkylation sites (tertiary alicyclic amines) is 1. The van der Waals surface area contributed by atoms with Crippen LogP contribution >= 0.6 is 11.6 Å². The summed E-state index contributed by atoms with van der Waals surface area (Å²) in [7, 11) is 1.87. The van der Waals surface area contributed by atoms with E-state index in [9.17, 15) is 10.1 Å². The normalized spacial score (nSPS) is 18.8. The number of carbonyl (C=O) groups excluding carboxylic acids is 1. The number of nitrogens with zero attached hydrogens (tertiary/aromatic N) is 8. The summed E-state index contributed by atoms with van der Waals surface area (Å²) in [6, 6.07) is 6.03. The van der Waals surface area contributed by atoms with Crippen molar-refractivity contribution < 1.29 is 4.79 Å². The van der Waals surface area contributed by atoms with Crippen molar-refractivity contribution in [3.63, 3.8) is 0 Å². The van der Waals surface area contributed by atoms with Gasteiger partial charge in [-0.05, 0) is 37.8 Å². The molecule has 2 aliphatic heterocycles. The highest BCUT2D eigenvalue weighted by molar-refractivity contribution is 6.36. The molecule has 0 atom stereocenters. The molecular weight excluding hydrogens is 492 g/mol. The molecule has 1 aliphatic carbocycles. The number of rotatable bonds is 5. The van der Waals surface area contributed by atoms with Gasteiger partial charge >= 0.3 is 0 Å². The number of imidazole rings is 1. The third-order valence-electron chi connectivity index (χ3n) is 7.50. The van der Waals surface area contributed by atoms with Gasteiger partial charge in [0.15, 0.2) is 5.82 Å². The van der Waals surface area contributed by atoms with E-state index in [-0.39, 0.29) is 23.1 Å². The van der Waals surface area contributed by atoms with Crippen LogP contribution in [0.25, 0.3) is 10.5 Å². The van der Waals surface area contributed by atoms with Gasteiger partial charge in [-0.15, -0.1) is 4.52 Å². The number of anilines is 4. The van der Waals surface area contributed by atoms with Crippen LogP contribution in [0.1, 0.15) is 37.7 Å². The second kappa shape index (κ2) is 8.79. The minimum Gasteiger partial charge on any atom is -0.370 e. The fourth-order valence-corrected chi connectivity index (χ4v) is 5.57. The van der Waals surface area contributed by atoms with Crippen LogP contribution in [0.2, 0.25) is 5.02 Å². The Hall–Kier alpha value is -4.09. The van der Waals surface area contributed by atoms with E-state index in [4.69, 9.17) is 18.2 Å². The number of nitriles is 1. The minimum atomic E-state index is 0.0162. The molecule has 3 aromatic rings. The summed E-state index contributed by atoms with van der Waals surface area (Å²) in [5, 5.41) is 21.2. The predicted octanol–water partition coefficient (Wildman–Crippen LogP) is 3.97. The first-order chi connectivity index (χ1) is 17.9. The van der Waals surface area contributed by atoms with Crippen LogP contribution in [0.15, 0.2) is 18.3 Å². The lowest BCUT2D eigenvalue weighted by atomic mass is 9.77. The highest BCUT2D eigenvalue weighted by Crippen LogP contribution is 2.44. The minimum absolute atomic E-state index is 0.0162. The summed E-state index contributed by atoms with van der Waals surface area (Å²) in [5.41, 5.74) is 2.23. The number of halogens is 1. The lowest BCUT2D eigenvalue weighted by molar-refractivity contribution is -0.126. The lowest BCUT2D eigenvalue weighted by Crippen LogP contribution is -2.41. The van der Waals surface area contributed by atoms with Crippen molar-refractivity contribution in [3.05, 3.63) is 40.3 Å². The van der Waals surface area contributed by atoms with Crippen molar-refractivity contribution >= 4 is 52.1 Å². The molecule has 0 unspecified atom stereocenters. The first-order valence-corrected chi connectivity index (χ1v) is 12.7. The highest BCUT2D eigenvalue weighted by atomic mass is 35.5. The molecule has 3 aliphatic rings. The maximum atomic E-state index is 12.2. The van der Waals surface area contributed by atoms with Crippen LogP contribution in [-0.2, 0) is 4.79 Å². The zero-order valence-electron chi connectivity index (χ0n) is 20.3. The van der Waals surface area contributed by atoms with Crippen LogP contribution in [0.4, 0.5) is 29.0 Å². The Labute approximate surface area is 218 Å². The Balaban J connectivity index is 1.31. The summed E-state index contributed by atoms with van der Waals surface area (Å²) in [4.78, 5) is 28.6. The zero-order chi connectivity index (χ0) is 25.7. The van der Waals surface area contributed by atoms with Gasteiger partial charge in [-0.2, -0.15) is 10.2 Å². The molecule has 2 aromatic heterocycles. The smallest absolute Gasteiger partial charge is 0.275 e. The van der Waals surface area contributed by atoms with Gasteiger partial charge in [-0.25, -0.2) is 4.98 Å². The molecule has 188 valence electrons. The Morgan fingerprint density at radius 3 is 2.73 bits per heavy atom. The van der Waals surface area contributed by atoms with E-state index in [0.29, 0.717) is 40.2 Å². The van der Waals surface area contributed by atoms with Crippen LogP contribution in [0.5, 0.6) is 0 Å². The molecule has 6 rings (SSSR count). The molecule has 2 saturated heterocycles. The SMILES string of the molecule is [C-]#[N+]c1cnc2c(NC3CC3)nc(Nc3cc(C#N)cc(N4CCC5(CC4)CC(=O)N(C)C5)c3Cl)nn12. The van der Waals surface area contributed by atoms with E-state index in [0.717, 1.165) is 51.0 Å². The molecule has 2 N–H and O–H groups in total. The Morgan fingerprint density at radius 2 is 2.08 bits per heavy atom. The molecule has 1 amide bonds. The number of benzene rings is 1. The first-order valence-electron chi connectivity index (χ1n) is 12.3. The summed E-state index contributed by atoms with van der Waals surface area (Å²) < 4.78 is 1.46. The average molecular weight is 517 g/mol. The summed E-state index contributed by atoms with van der Waals surface area (Å²) in [6.45, 7) is 9.73. The standard InChI is InChI=1S/C25H25ClN10O/c1-28-19-13-29-23-22(30-16-3-4-16)32-24(33-36(19)23)31-17-9-15(12-27)10-18(21(17)26)35-7-5-25(6-8-35)11-20(37)34(2)14-25/h9-10,13,16H,3-8,11,14H2,2H3,(H2,30,31,32,33). The van der Waals surface area contributed by atoms with Gasteiger partial charge in [0.2, 0.25) is 5.91 Å². The first kappa shape index (κ1) is 23.3. The quantitative estimate of drug-likeness (QED) is 0.489. The Bertz CT molecular complexity index is 1490. The van der Waals surface area contributed by atoms with Gasteiger partial charge in [0, 0.05) is 44.6 Å². The van der Waals surface area contributed by atoms with Gasteiger partial charge < -0.3 is 25.3 Å². The Kier molecular flexibility index (Phi) is 5.54. The van der Waals surface area contributed by atoms with Crippen LogP contribution < -0.4 is 15.5 Å². The molecule has 1 spiro atoms. The number of hydrogen-bond donors (Lipinski definition) is 2. The average Bonchev–Trinajstić information content (AvgIpc) is 3.54. The van der Waals surface area contributed by atoms with Crippen LogP contribution in [-0.4, -0.2) is 63.1 Å². The third-order valence-corrected chi connectivity index (χ3v) is 7.89. The summed E-state index contributed by atoms with van der Waals surface area (Å²) in [5.74, 6) is 1.26. The number of hydrogen-bond acceptors (Lipinski definition) is 8. The van der Waals surface area contributed by atoms with E-state index in [1.807, 2.05) is 11.9 Å². The zero-order valence-corrected chi connectivity index (χ0v) is 21.1. The van der Waals surface area contributed by atoms with Crippen molar-refractivity contribution in [2.45, 2.75) is 38.1 Å². The lowest BCUT2D eigenvalue weighted by Gasteiger charge is -2.40. The highest BCUT2D eigenvalue weighted by Gasteiger charge is 2.43. The van der Waals surface area contributed by atoms with E-state index < -0.39 is 0 Å². The van der Waals surface area contributed by atoms with Crippen molar-refractivity contribution in [1.82, 2.24) is 24.5 Å². The molecule has 37 heavy (non-hydrogen) atoms. The van der Waals surface area contributed by atoms with Gasteiger partial charge in [-0.3, -0.25) is 4.79 Å². The van der Waals surface area contributed by atoms with Crippen molar-refractivity contribution in [2.75, 3.05) is 42.2 Å². The van der Waals surface area contributed by atoms with E-state index in [1.54, 1.807) is 12.1 Å². The molecule has 0 bridgehead atoms. The largest absolute Gasteiger partial charge is 0.370 e. The number of aromatic nitrogens is 4. The molecule has 11 nitrogen and oxygen atoms in total.